The van der Waals surface area contributed by atoms with E-state index in [1.807, 2.05) is 35.2 Å². The molecule has 34 heavy (non-hydrogen) atoms. The summed E-state index contributed by atoms with van der Waals surface area (Å²) in [6.45, 7) is 5.04. The second kappa shape index (κ2) is 9.38. The van der Waals surface area contributed by atoms with E-state index in [4.69, 9.17) is 0 Å². The molecule has 0 aliphatic carbocycles. The monoisotopic (exact) mass is 461 g/mol. The fourth-order valence-corrected chi connectivity index (χ4v) is 4.26. The Balaban J connectivity index is 1.55. The number of para-hydroxylation sites is 1. The van der Waals surface area contributed by atoms with Crippen molar-refractivity contribution in [2.45, 2.75) is 13.8 Å². The second-order valence-electron chi connectivity index (χ2n) is 8.29. The molecule has 0 saturated carbocycles. The Morgan fingerprint density at radius 3 is 2.09 bits per heavy atom. The van der Waals surface area contributed by atoms with Crippen molar-refractivity contribution in [3.8, 4) is 5.69 Å². The predicted molar refractivity (Wildman–Crippen MR) is 131 cm³/mol. The highest BCUT2D eigenvalue weighted by molar-refractivity contribution is 5.95. The summed E-state index contributed by atoms with van der Waals surface area (Å²) in [5.41, 5.74) is 2.17. The van der Waals surface area contributed by atoms with E-state index in [-0.39, 0.29) is 17.4 Å². The second-order valence-corrected chi connectivity index (χ2v) is 8.29. The van der Waals surface area contributed by atoms with Gasteiger partial charge in [-0.15, -0.1) is 0 Å². The molecule has 0 bridgehead atoms. The van der Waals surface area contributed by atoms with E-state index >= 15 is 0 Å². The summed E-state index contributed by atoms with van der Waals surface area (Å²) in [6.07, 6.45) is 0. The first-order chi connectivity index (χ1) is 16.3. The molecule has 9 heteroatoms. The number of aromatic nitrogens is 2. The van der Waals surface area contributed by atoms with Gasteiger partial charge in [-0.05, 0) is 43.3 Å². The Kier molecular flexibility index (Phi) is 6.36. The lowest BCUT2D eigenvalue weighted by atomic mass is 10.1. The average molecular weight is 462 g/mol. The van der Waals surface area contributed by atoms with Crippen molar-refractivity contribution in [1.29, 1.82) is 0 Å². The molecule has 1 N–H and O–H groups in total. The Hall–Kier alpha value is -4.14. The fraction of sp³-hybridized carbons (Fsp3) is 0.280. The molecule has 0 unspecified atom stereocenters. The van der Waals surface area contributed by atoms with Gasteiger partial charge in [0.2, 0.25) is 5.91 Å². The van der Waals surface area contributed by atoms with Crippen molar-refractivity contribution in [2.24, 2.45) is 7.05 Å². The van der Waals surface area contributed by atoms with Crippen molar-refractivity contribution in [3.63, 3.8) is 0 Å². The Morgan fingerprint density at radius 1 is 0.882 bits per heavy atom. The van der Waals surface area contributed by atoms with Crippen LogP contribution < -0.4 is 21.5 Å². The van der Waals surface area contributed by atoms with Gasteiger partial charge in [0.15, 0.2) is 0 Å². The van der Waals surface area contributed by atoms with Gasteiger partial charge < -0.3 is 15.1 Å². The van der Waals surface area contributed by atoms with Crippen molar-refractivity contribution in [1.82, 2.24) is 14.0 Å². The Bertz CT molecular complexity index is 1330. The van der Waals surface area contributed by atoms with Gasteiger partial charge in [0.05, 0.1) is 11.4 Å². The Labute approximate surface area is 196 Å². The van der Waals surface area contributed by atoms with Crippen LogP contribution in [0.2, 0.25) is 0 Å². The number of amides is 2. The normalized spacial score (nSPS) is 13.6. The van der Waals surface area contributed by atoms with E-state index in [9.17, 15) is 19.2 Å². The Morgan fingerprint density at radius 2 is 1.50 bits per heavy atom. The summed E-state index contributed by atoms with van der Waals surface area (Å²) in [5, 5.41) is 2.68. The van der Waals surface area contributed by atoms with Crippen LogP contribution in [-0.2, 0) is 11.8 Å². The quantitative estimate of drug-likeness (QED) is 0.639. The number of rotatable bonds is 4. The lowest BCUT2D eigenvalue weighted by Gasteiger charge is -2.36. The standard InChI is InChI=1S/C25H27N5O4/c1-17-22(24(33)27(3)25(34)30(17)21-7-5-4-6-8-21)28-13-15-29(16-14-28)23(32)19-9-11-20(12-10-19)26-18(2)31/h4-12H,13-16H2,1-3H3,(H,26,31). The molecule has 9 nitrogen and oxygen atoms in total. The molecular weight excluding hydrogens is 434 g/mol. The summed E-state index contributed by atoms with van der Waals surface area (Å²) in [5.74, 6) is -0.275. The number of benzene rings is 2. The largest absolute Gasteiger partial charge is 0.362 e. The van der Waals surface area contributed by atoms with Crippen LogP contribution in [0.4, 0.5) is 11.4 Å². The van der Waals surface area contributed by atoms with Crippen molar-refractivity contribution in [3.05, 3.63) is 86.7 Å². The number of nitrogens with zero attached hydrogens (tertiary/aromatic N) is 4. The molecule has 2 heterocycles. The number of anilines is 2. The molecule has 1 aliphatic heterocycles. The van der Waals surface area contributed by atoms with Gasteiger partial charge >= 0.3 is 5.69 Å². The molecule has 1 saturated heterocycles. The summed E-state index contributed by atoms with van der Waals surface area (Å²) in [6, 6.07) is 16.0. The van der Waals surface area contributed by atoms with Gasteiger partial charge in [-0.3, -0.25) is 23.5 Å². The lowest BCUT2D eigenvalue weighted by molar-refractivity contribution is -0.114. The molecular formula is C25H27N5O4. The molecule has 1 fully saturated rings. The summed E-state index contributed by atoms with van der Waals surface area (Å²) < 4.78 is 2.67. The molecule has 0 spiro atoms. The van der Waals surface area contributed by atoms with Crippen LogP contribution in [0.3, 0.4) is 0 Å². The molecule has 176 valence electrons. The molecule has 2 amide bonds. The first-order valence-corrected chi connectivity index (χ1v) is 11.1. The van der Waals surface area contributed by atoms with Gasteiger partial charge in [0.25, 0.3) is 11.5 Å². The van der Waals surface area contributed by atoms with Gasteiger partial charge in [-0.25, -0.2) is 4.79 Å². The van der Waals surface area contributed by atoms with Gasteiger partial charge in [0, 0.05) is 51.4 Å². The lowest BCUT2D eigenvalue weighted by Crippen LogP contribution is -2.52. The smallest absolute Gasteiger partial charge is 0.335 e. The summed E-state index contributed by atoms with van der Waals surface area (Å²) >= 11 is 0. The number of piperazine rings is 1. The number of hydrogen-bond donors (Lipinski definition) is 1. The van der Waals surface area contributed by atoms with E-state index in [1.165, 1.54) is 14.0 Å². The van der Waals surface area contributed by atoms with Crippen molar-refractivity contribution < 1.29 is 9.59 Å². The van der Waals surface area contributed by atoms with Crippen LogP contribution in [0.15, 0.2) is 64.2 Å². The van der Waals surface area contributed by atoms with Crippen molar-refractivity contribution in [2.75, 3.05) is 36.4 Å². The third-order valence-electron chi connectivity index (χ3n) is 6.01. The molecule has 0 radical (unpaired) electrons. The number of carbonyl (C=O) groups is 2. The van der Waals surface area contributed by atoms with E-state index < -0.39 is 5.69 Å². The highest BCUT2D eigenvalue weighted by atomic mass is 16.2. The van der Waals surface area contributed by atoms with Crippen LogP contribution in [0, 0.1) is 6.92 Å². The van der Waals surface area contributed by atoms with Crippen LogP contribution in [0.1, 0.15) is 23.0 Å². The predicted octanol–water partition coefficient (Wildman–Crippen LogP) is 1.77. The van der Waals surface area contributed by atoms with E-state index in [2.05, 4.69) is 5.32 Å². The number of hydrogen-bond acceptors (Lipinski definition) is 5. The SMILES string of the molecule is CC(=O)Nc1ccc(C(=O)N2CCN(c3c(C)n(-c4ccccc4)c(=O)n(C)c3=O)CC2)cc1. The minimum absolute atomic E-state index is 0.104. The molecule has 3 aromatic rings. The minimum Gasteiger partial charge on any atom is -0.362 e. The molecule has 4 rings (SSSR count). The first kappa shape index (κ1) is 23.0. The van der Waals surface area contributed by atoms with Crippen LogP contribution in [-0.4, -0.2) is 52.0 Å². The topological polar surface area (TPSA) is 96.7 Å². The third kappa shape index (κ3) is 4.36. The maximum absolute atomic E-state index is 13.0. The first-order valence-electron chi connectivity index (χ1n) is 11.1. The van der Waals surface area contributed by atoms with Crippen molar-refractivity contribution >= 4 is 23.2 Å². The zero-order valence-corrected chi connectivity index (χ0v) is 19.4. The number of nitrogens with one attached hydrogen (secondary N) is 1. The number of carbonyl (C=O) groups excluding carboxylic acids is 2. The van der Waals surface area contributed by atoms with E-state index in [1.54, 1.807) is 40.7 Å². The molecule has 1 aliphatic rings. The minimum atomic E-state index is -0.394. The zero-order chi connectivity index (χ0) is 24.4. The van der Waals surface area contributed by atoms with E-state index in [0.717, 1.165) is 4.57 Å². The van der Waals surface area contributed by atoms with Gasteiger partial charge in [-0.1, -0.05) is 18.2 Å². The van der Waals surface area contributed by atoms with E-state index in [0.29, 0.717) is 54.5 Å². The fourth-order valence-electron chi connectivity index (χ4n) is 4.26. The third-order valence-corrected chi connectivity index (χ3v) is 6.01. The highest BCUT2D eigenvalue weighted by Gasteiger charge is 2.27. The van der Waals surface area contributed by atoms with Gasteiger partial charge in [0.1, 0.15) is 5.69 Å². The average Bonchev–Trinajstić information content (AvgIpc) is 2.84. The highest BCUT2D eigenvalue weighted by Crippen LogP contribution is 2.20. The molecule has 1 aromatic heterocycles. The van der Waals surface area contributed by atoms with Crippen LogP contribution in [0.25, 0.3) is 5.69 Å². The van der Waals surface area contributed by atoms with Gasteiger partial charge in [-0.2, -0.15) is 0 Å². The summed E-state index contributed by atoms with van der Waals surface area (Å²) in [7, 11) is 1.48. The van der Waals surface area contributed by atoms with Crippen LogP contribution >= 0.6 is 0 Å². The molecule has 2 aromatic carbocycles. The summed E-state index contributed by atoms with van der Waals surface area (Å²) in [4.78, 5) is 53.7. The zero-order valence-electron chi connectivity index (χ0n) is 19.4. The van der Waals surface area contributed by atoms with Crippen LogP contribution in [0.5, 0.6) is 0 Å². The maximum atomic E-state index is 13.0. The maximum Gasteiger partial charge on any atom is 0.335 e. The molecule has 0 atom stereocenters.